The Bertz CT molecular complexity index is 3080. The molecule has 0 atom stereocenters. The van der Waals surface area contributed by atoms with Crippen molar-refractivity contribution < 1.29 is 30.2 Å². The first-order valence-electron chi connectivity index (χ1n) is 18.3. The molecule has 0 fully saturated rings. The predicted octanol–water partition coefficient (Wildman–Crippen LogP) is 12.9. The Balaban J connectivity index is 0.00000384. The summed E-state index contributed by atoms with van der Waals surface area (Å²) in [5.74, 6) is 1.91. The van der Waals surface area contributed by atoms with E-state index in [1.165, 1.54) is 5.56 Å². The topological polar surface area (TPSA) is 46.7 Å². The van der Waals surface area contributed by atoms with Crippen molar-refractivity contribution in [1.82, 2.24) is 9.55 Å². The van der Waals surface area contributed by atoms with Gasteiger partial charge in [-0.05, 0) is 65.9 Å². The summed E-state index contributed by atoms with van der Waals surface area (Å²) in [6.45, 7) is 4.21. The Morgan fingerprint density at radius 2 is 1.39 bits per heavy atom. The minimum atomic E-state index is 0. The van der Waals surface area contributed by atoms with Gasteiger partial charge in [-0.2, -0.15) is 12.1 Å². The van der Waals surface area contributed by atoms with E-state index in [0.717, 1.165) is 83.4 Å². The van der Waals surface area contributed by atoms with Gasteiger partial charge in [0.05, 0.1) is 0 Å². The number of rotatable bonds is 6. The summed E-state index contributed by atoms with van der Waals surface area (Å²) in [6, 6.07) is 61.3. The predicted molar refractivity (Wildman–Crippen MR) is 222 cm³/mol. The Hall–Kier alpha value is -6.62. The molecule has 0 radical (unpaired) electrons. The maximum absolute atomic E-state index is 6.57. The maximum atomic E-state index is 6.57. The van der Waals surface area contributed by atoms with Gasteiger partial charge in [-0.15, -0.1) is 48.1 Å². The second-order valence-corrected chi connectivity index (χ2v) is 13.8. The van der Waals surface area contributed by atoms with Crippen LogP contribution in [-0.2, 0) is 21.1 Å². The number of ether oxygens (including phenoxy) is 1. The van der Waals surface area contributed by atoms with Gasteiger partial charge in [-0.1, -0.05) is 89.9 Å². The van der Waals surface area contributed by atoms with Gasteiger partial charge in [0.1, 0.15) is 17.0 Å². The van der Waals surface area contributed by atoms with E-state index in [0.29, 0.717) is 11.5 Å². The van der Waals surface area contributed by atoms with Crippen molar-refractivity contribution in [3.05, 3.63) is 188 Å². The quantitative estimate of drug-likeness (QED) is 0.156. The van der Waals surface area contributed by atoms with E-state index in [9.17, 15) is 0 Å². The zero-order chi connectivity index (χ0) is 36.5. The molecule has 7 heteroatoms. The summed E-state index contributed by atoms with van der Waals surface area (Å²) in [4.78, 5) is 9.35. The standard InChI is InChI=1S/C49H31N4O2.Pt/c1-32-19-24-47-41(25-32)42-30-50-49(29-48(42)55-47)53-43-18-9-8-17-39(43)40-22-21-38(28-45(40)53)54-37-16-10-15-36(27-37)52-31-51(35-13-6-3-7-14-35)44-23-20-34(26-46(44)52)33-11-4-2-5-12-33;/h2-26,29-31H,1H3;/q-3;. The molecule has 0 saturated heterocycles. The Kier molecular flexibility index (Phi) is 8.23. The average molecular weight is 903 g/mol. The Labute approximate surface area is 338 Å². The third-order valence-electron chi connectivity index (χ3n) is 10.4. The van der Waals surface area contributed by atoms with Gasteiger partial charge in [0.25, 0.3) is 0 Å². The fourth-order valence-corrected chi connectivity index (χ4v) is 7.78. The largest absolute Gasteiger partial charge is 0.509 e. The van der Waals surface area contributed by atoms with Gasteiger partial charge in [0.15, 0.2) is 0 Å². The number of hydrogen-bond donors (Lipinski definition) is 0. The average Bonchev–Trinajstić information content (AvgIpc) is 3.90. The van der Waals surface area contributed by atoms with E-state index in [1.54, 1.807) is 0 Å². The van der Waals surface area contributed by atoms with E-state index >= 15 is 0 Å². The summed E-state index contributed by atoms with van der Waals surface area (Å²) in [6.07, 6.45) is 1.91. The molecule has 11 rings (SSSR count). The molecule has 3 aromatic heterocycles. The first kappa shape index (κ1) is 33.9. The fraction of sp³-hybridized carbons (Fsp3) is 0.0204. The monoisotopic (exact) mass is 902 g/mol. The molecule has 6 nitrogen and oxygen atoms in total. The summed E-state index contributed by atoms with van der Waals surface area (Å²) in [5, 5.41) is 4.22. The zero-order valence-electron chi connectivity index (χ0n) is 30.1. The molecule has 0 N–H and O–H groups in total. The molecule has 0 bridgehead atoms. The number of benzene rings is 7. The number of para-hydroxylation sites is 2. The van der Waals surface area contributed by atoms with Gasteiger partial charge in [0.2, 0.25) is 0 Å². The van der Waals surface area contributed by atoms with Crippen molar-refractivity contribution >= 4 is 66.5 Å². The third kappa shape index (κ3) is 5.64. The van der Waals surface area contributed by atoms with Crippen molar-refractivity contribution in [2.75, 3.05) is 9.80 Å². The maximum Gasteiger partial charge on any atom is 0.140 e. The number of hydrogen-bond acceptors (Lipinski definition) is 5. The molecule has 1 aliphatic heterocycles. The summed E-state index contributed by atoms with van der Waals surface area (Å²) in [7, 11) is 0. The summed E-state index contributed by atoms with van der Waals surface area (Å²) in [5.41, 5.74) is 11.1. The van der Waals surface area contributed by atoms with Gasteiger partial charge >= 0.3 is 0 Å². The van der Waals surface area contributed by atoms with Crippen LogP contribution in [0, 0.1) is 25.7 Å². The van der Waals surface area contributed by atoms with Crippen LogP contribution >= 0.6 is 0 Å². The van der Waals surface area contributed by atoms with Crippen LogP contribution in [-0.4, -0.2) is 9.55 Å². The van der Waals surface area contributed by atoms with Crippen molar-refractivity contribution in [1.29, 1.82) is 0 Å². The van der Waals surface area contributed by atoms with Crippen LogP contribution in [0.3, 0.4) is 0 Å². The van der Waals surface area contributed by atoms with Crippen LogP contribution in [0.1, 0.15) is 5.56 Å². The minimum Gasteiger partial charge on any atom is -0.509 e. The van der Waals surface area contributed by atoms with Crippen molar-refractivity contribution in [3.63, 3.8) is 0 Å². The molecule has 7 aromatic carbocycles. The van der Waals surface area contributed by atoms with Crippen molar-refractivity contribution in [2.45, 2.75) is 6.92 Å². The molecule has 0 amide bonds. The van der Waals surface area contributed by atoms with Gasteiger partial charge in [-0.25, -0.2) is 4.98 Å². The first-order chi connectivity index (χ1) is 27.1. The Morgan fingerprint density at radius 1 is 0.589 bits per heavy atom. The summed E-state index contributed by atoms with van der Waals surface area (Å²) >= 11 is 0. The Morgan fingerprint density at radius 3 is 2.27 bits per heavy atom. The van der Waals surface area contributed by atoms with Crippen LogP contribution in [0.25, 0.3) is 60.7 Å². The SMILES string of the molecule is Cc1ccc2oc3cc(-n4c5[c-]c(Oc6[c-]c(N7[CH-]N(c8ccccc8)c8ccc(-c9ccccc9)cc87)ccc6)ccc5c5ccccc54)ncc3c2c1.[Pt]. The molecule has 4 heterocycles. The van der Waals surface area contributed by atoms with Crippen molar-refractivity contribution in [2.24, 2.45) is 0 Å². The number of pyridine rings is 1. The van der Waals surface area contributed by atoms with Crippen LogP contribution in [0.2, 0.25) is 0 Å². The molecule has 1 aliphatic rings. The molecule has 272 valence electrons. The molecule has 0 saturated carbocycles. The molecular weight excluding hydrogens is 872 g/mol. The normalized spacial score (nSPS) is 12.4. The van der Waals surface area contributed by atoms with Crippen LogP contribution < -0.4 is 14.5 Å². The molecular formula is C49H31N4O2Pt-3. The molecule has 0 spiro atoms. The van der Waals surface area contributed by atoms with E-state index in [4.69, 9.17) is 14.1 Å². The van der Waals surface area contributed by atoms with E-state index in [1.807, 2.05) is 54.7 Å². The number of aryl methyl sites for hydroxylation is 1. The van der Waals surface area contributed by atoms with Crippen molar-refractivity contribution in [3.8, 4) is 28.4 Å². The smallest absolute Gasteiger partial charge is 0.140 e. The van der Waals surface area contributed by atoms with Gasteiger partial charge < -0.3 is 23.5 Å². The van der Waals surface area contributed by atoms with E-state index < -0.39 is 0 Å². The zero-order valence-corrected chi connectivity index (χ0v) is 32.4. The first-order valence-corrected chi connectivity index (χ1v) is 18.3. The summed E-state index contributed by atoms with van der Waals surface area (Å²) < 4.78 is 15.0. The molecule has 0 aliphatic carbocycles. The van der Waals surface area contributed by atoms with Gasteiger partial charge in [0, 0.05) is 78.2 Å². The number of aromatic nitrogens is 2. The van der Waals surface area contributed by atoms with E-state index in [-0.39, 0.29) is 21.1 Å². The second-order valence-electron chi connectivity index (χ2n) is 13.8. The number of anilines is 4. The number of fused-ring (bicyclic) bond motifs is 7. The second kappa shape index (κ2) is 13.6. The minimum absolute atomic E-state index is 0. The molecule has 10 aromatic rings. The fourth-order valence-electron chi connectivity index (χ4n) is 7.78. The number of nitrogens with zero attached hydrogens (tertiary/aromatic N) is 4. The molecule has 0 unspecified atom stereocenters. The third-order valence-corrected chi connectivity index (χ3v) is 10.4. The molecule has 56 heavy (non-hydrogen) atoms. The van der Waals surface area contributed by atoms with E-state index in [2.05, 4.69) is 149 Å². The van der Waals surface area contributed by atoms with Crippen LogP contribution in [0.15, 0.2) is 168 Å². The van der Waals surface area contributed by atoms with Crippen LogP contribution in [0.5, 0.6) is 11.5 Å². The van der Waals surface area contributed by atoms with Crippen LogP contribution in [0.4, 0.5) is 22.7 Å². The van der Waals surface area contributed by atoms with Gasteiger partial charge in [-0.3, -0.25) is 0 Å². The number of furan rings is 1.